The normalized spacial score (nSPS) is 18.0. The van der Waals surface area contributed by atoms with Crippen LogP contribution < -0.4 is 0 Å². The summed E-state index contributed by atoms with van der Waals surface area (Å²) in [7, 11) is 0. The summed E-state index contributed by atoms with van der Waals surface area (Å²) in [6, 6.07) is 7.40. The molecule has 0 saturated carbocycles. The lowest BCUT2D eigenvalue weighted by atomic mass is 10.1. The quantitative estimate of drug-likeness (QED) is 0.806. The summed E-state index contributed by atoms with van der Waals surface area (Å²) in [6.45, 7) is 1.85. The van der Waals surface area contributed by atoms with Crippen LogP contribution in [-0.4, -0.2) is 10.8 Å². The van der Waals surface area contributed by atoms with E-state index in [2.05, 4.69) is 11.1 Å². The summed E-state index contributed by atoms with van der Waals surface area (Å²) in [6.07, 6.45) is 3.83. The smallest absolute Gasteiger partial charge is 0.157 e. The molecule has 0 fully saturated rings. The Bertz CT molecular complexity index is 659. The number of nitriles is 1. The van der Waals surface area contributed by atoms with Crippen molar-refractivity contribution in [3.8, 4) is 6.07 Å². The third-order valence-electron chi connectivity index (χ3n) is 3.06. The number of benzene rings is 1. The van der Waals surface area contributed by atoms with Crippen LogP contribution in [0.4, 0.5) is 0 Å². The molecule has 0 unspecified atom stereocenters. The van der Waals surface area contributed by atoms with Crippen molar-refractivity contribution in [1.82, 2.24) is 0 Å². The molecule has 108 valence electrons. The molecular formula is C16H15ClN2OS. The predicted octanol–water partition coefficient (Wildman–Crippen LogP) is 4.50. The van der Waals surface area contributed by atoms with Gasteiger partial charge in [0.05, 0.1) is 16.7 Å². The van der Waals surface area contributed by atoms with Crippen molar-refractivity contribution >= 4 is 34.2 Å². The van der Waals surface area contributed by atoms with Gasteiger partial charge in [-0.3, -0.25) is 9.79 Å². The van der Waals surface area contributed by atoms with Gasteiger partial charge in [0.2, 0.25) is 0 Å². The maximum Gasteiger partial charge on any atom is 0.157 e. The van der Waals surface area contributed by atoms with Crippen LogP contribution in [0.15, 0.2) is 35.0 Å². The standard InChI is InChI=1S/C16H15ClN2OS/c1-11-7-14(20)3-2-4-16(19-11)21-10-13-6-5-12(9-18)8-15(13)17/h5-8H,2-4,10H2,1H3/b11-7-,19-16?. The minimum Gasteiger partial charge on any atom is -0.295 e. The molecule has 1 heterocycles. The number of carbonyl (C=O) groups excluding carboxylic acids is 1. The maximum atomic E-state index is 11.4. The van der Waals surface area contributed by atoms with Gasteiger partial charge in [0.15, 0.2) is 5.78 Å². The summed E-state index contributed by atoms with van der Waals surface area (Å²) in [5.74, 6) is 0.861. The highest BCUT2D eigenvalue weighted by molar-refractivity contribution is 8.13. The number of hydrogen-bond donors (Lipinski definition) is 0. The van der Waals surface area contributed by atoms with Crippen LogP contribution in [0.3, 0.4) is 0 Å². The largest absolute Gasteiger partial charge is 0.295 e. The number of carbonyl (C=O) groups is 1. The van der Waals surface area contributed by atoms with E-state index in [1.54, 1.807) is 30.0 Å². The highest BCUT2D eigenvalue weighted by Gasteiger charge is 2.10. The Morgan fingerprint density at radius 1 is 1.43 bits per heavy atom. The molecule has 0 radical (unpaired) electrons. The second kappa shape index (κ2) is 7.44. The van der Waals surface area contributed by atoms with Gasteiger partial charge in [-0.05, 0) is 37.5 Å². The van der Waals surface area contributed by atoms with Gasteiger partial charge >= 0.3 is 0 Å². The summed E-state index contributed by atoms with van der Waals surface area (Å²) in [5, 5.41) is 10.5. The number of hydrogen-bond acceptors (Lipinski definition) is 4. The molecule has 1 aliphatic rings. The van der Waals surface area contributed by atoms with Gasteiger partial charge in [-0.2, -0.15) is 5.26 Å². The molecule has 3 nitrogen and oxygen atoms in total. The number of thioether (sulfide) groups is 1. The Hall–Kier alpha value is -1.57. The van der Waals surface area contributed by atoms with Crippen LogP contribution in [-0.2, 0) is 10.5 Å². The number of ketones is 1. The molecule has 21 heavy (non-hydrogen) atoms. The Morgan fingerprint density at radius 3 is 2.95 bits per heavy atom. The van der Waals surface area contributed by atoms with E-state index < -0.39 is 0 Å². The Balaban J connectivity index is 2.07. The molecule has 0 spiro atoms. The first-order valence-corrected chi connectivity index (χ1v) is 8.05. The van der Waals surface area contributed by atoms with E-state index in [4.69, 9.17) is 16.9 Å². The summed E-state index contributed by atoms with van der Waals surface area (Å²) in [5.41, 5.74) is 2.31. The van der Waals surface area contributed by atoms with Gasteiger partial charge in [0, 0.05) is 29.0 Å². The molecule has 0 atom stereocenters. The van der Waals surface area contributed by atoms with Crippen LogP contribution in [0.5, 0.6) is 0 Å². The van der Waals surface area contributed by atoms with Gasteiger partial charge in [-0.1, -0.05) is 17.7 Å². The molecule has 0 aromatic heterocycles. The van der Waals surface area contributed by atoms with E-state index in [1.165, 1.54) is 0 Å². The van der Waals surface area contributed by atoms with E-state index >= 15 is 0 Å². The number of aliphatic imine (C=N–C) groups is 1. The molecule has 0 aliphatic carbocycles. The van der Waals surface area contributed by atoms with Crippen molar-refractivity contribution in [3.63, 3.8) is 0 Å². The number of allylic oxidation sites excluding steroid dienone is 2. The fourth-order valence-electron chi connectivity index (χ4n) is 2.00. The van der Waals surface area contributed by atoms with Crippen LogP contribution in [0, 0.1) is 11.3 Å². The average Bonchev–Trinajstić information content (AvgIpc) is 2.43. The first-order valence-electron chi connectivity index (χ1n) is 6.68. The zero-order chi connectivity index (χ0) is 15.2. The summed E-state index contributed by atoms with van der Waals surface area (Å²) >= 11 is 7.81. The van der Waals surface area contributed by atoms with Gasteiger partial charge in [0.25, 0.3) is 0 Å². The molecule has 0 amide bonds. The van der Waals surface area contributed by atoms with Gasteiger partial charge in [0.1, 0.15) is 0 Å². The van der Waals surface area contributed by atoms with Gasteiger partial charge < -0.3 is 0 Å². The van der Waals surface area contributed by atoms with Crippen LogP contribution in [0.1, 0.15) is 37.3 Å². The van der Waals surface area contributed by atoms with Crippen molar-refractivity contribution in [2.75, 3.05) is 0 Å². The first kappa shape index (κ1) is 15.8. The van der Waals surface area contributed by atoms with Gasteiger partial charge in [-0.15, -0.1) is 11.8 Å². The Kier molecular flexibility index (Phi) is 5.60. The lowest BCUT2D eigenvalue weighted by Gasteiger charge is -2.10. The zero-order valence-electron chi connectivity index (χ0n) is 11.7. The van der Waals surface area contributed by atoms with Crippen LogP contribution in [0.2, 0.25) is 5.02 Å². The highest BCUT2D eigenvalue weighted by Crippen LogP contribution is 2.25. The lowest BCUT2D eigenvalue weighted by molar-refractivity contribution is -0.114. The molecule has 1 aromatic carbocycles. The molecule has 1 aliphatic heterocycles. The van der Waals surface area contributed by atoms with Crippen molar-refractivity contribution in [3.05, 3.63) is 46.1 Å². The molecule has 5 heteroatoms. The third kappa shape index (κ3) is 4.73. The van der Waals surface area contributed by atoms with E-state index in [-0.39, 0.29) is 5.78 Å². The average molecular weight is 319 g/mol. The topological polar surface area (TPSA) is 53.2 Å². The summed E-state index contributed by atoms with van der Waals surface area (Å²) in [4.78, 5) is 15.9. The first-order chi connectivity index (χ1) is 10.1. The molecule has 0 N–H and O–H groups in total. The molecular weight excluding hydrogens is 304 g/mol. The fraction of sp³-hybridized carbons (Fsp3) is 0.312. The molecule has 2 rings (SSSR count). The molecule has 0 saturated heterocycles. The number of rotatable bonds is 2. The molecule has 0 bridgehead atoms. The van der Waals surface area contributed by atoms with Crippen molar-refractivity contribution in [2.24, 2.45) is 4.99 Å². The second-order valence-corrected chi connectivity index (χ2v) is 6.27. The van der Waals surface area contributed by atoms with Crippen molar-refractivity contribution < 1.29 is 4.79 Å². The zero-order valence-corrected chi connectivity index (χ0v) is 13.3. The number of halogens is 1. The third-order valence-corrected chi connectivity index (χ3v) is 4.50. The van der Waals surface area contributed by atoms with E-state index in [0.29, 0.717) is 22.8 Å². The Morgan fingerprint density at radius 2 is 2.24 bits per heavy atom. The SMILES string of the molecule is C/C1=C/C(=O)CCCC(SCc2ccc(C#N)cc2Cl)=N1. The molecule has 1 aromatic rings. The maximum absolute atomic E-state index is 11.4. The van der Waals surface area contributed by atoms with Crippen molar-refractivity contribution in [1.29, 1.82) is 5.26 Å². The summed E-state index contributed by atoms with van der Waals surface area (Å²) < 4.78 is 0. The van der Waals surface area contributed by atoms with E-state index in [0.717, 1.165) is 29.1 Å². The second-order valence-electron chi connectivity index (χ2n) is 4.82. The lowest BCUT2D eigenvalue weighted by Crippen LogP contribution is -2.03. The van der Waals surface area contributed by atoms with Crippen LogP contribution in [0.25, 0.3) is 0 Å². The monoisotopic (exact) mass is 318 g/mol. The number of nitrogens with zero attached hydrogens (tertiary/aromatic N) is 2. The minimum atomic E-state index is 0.149. The highest BCUT2D eigenvalue weighted by atomic mass is 35.5. The Labute approximate surface area is 133 Å². The fourth-order valence-corrected chi connectivity index (χ4v) is 3.40. The predicted molar refractivity (Wildman–Crippen MR) is 87.5 cm³/mol. The van der Waals surface area contributed by atoms with E-state index in [9.17, 15) is 4.79 Å². The van der Waals surface area contributed by atoms with Crippen LogP contribution >= 0.6 is 23.4 Å². The van der Waals surface area contributed by atoms with Gasteiger partial charge in [-0.25, -0.2) is 0 Å². The van der Waals surface area contributed by atoms with Crippen molar-refractivity contribution in [2.45, 2.75) is 31.9 Å². The van der Waals surface area contributed by atoms with E-state index in [1.807, 2.05) is 13.0 Å². The minimum absolute atomic E-state index is 0.149.